The van der Waals surface area contributed by atoms with Gasteiger partial charge in [0.15, 0.2) is 0 Å². The molecule has 0 fully saturated rings. The number of hydrogen-bond donors (Lipinski definition) is 2. The molecule has 1 amide bonds. The van der Waals surface area contributed by atoms with E-state index in [1.807, 2.05) is 18.2 Å². The highest BCUT2D eigenvalue weighted by atomic mass is 79.9. The number of nitrogen functional groups attached to an aromatic ring is 1. The van der Waals surface area contributed by atoms with Crippen LogP contribution in [0.5, 0.6) is 0 Å². The van der Waals surface area contributed by atoms with Crippen molar-refractivity contribution in [1.29, 1.82) is 0 Å². The zero-order valence-corrected chi connectivity index (χ0v) is 12.7. The van der Waals surface area contributed by atoms with E-state index in [0.717, 1.165) is 4.47 Å². The summed E-state index contributed by atoms with van der Waals surface area (Å²) in [6, 6.07) is 10.3. The second-order valence-corrected chi connectivity index (χ2v) is 5.46. The van der Waals surface area contributed by atoms with Crippen molar-refractivity contribution in [3.63, 3.8) is 0 Å². The predicted molar refractivity (Wildman–Crippen MR) is 83.0 cm³/mol. The van der Waals surface area contributed by atoms with Crippen molar-refractivity contribution >= 4 is 56.4 Å². The Kier molecular flexibility index (Phi) is 4.34. The highest BCUT2D eigenvalue weighted by molar-refractivity contribution is 9.10. The summed E-state index contributed by atoms with van der Waals surface area (Å²) >= 11 is 15.1. The first-order valence-electron chi connectivity index (χ1n) is 5.29. The van der Waals surface area contributed by atoms with Crippen molar-refractivity contribution in [3.8, 4) is 0 Å². The molecule has 0 aliphatic heterocycles. The average molecular weight is 360 g/mol. The number of anilines is 2. The monoisotopic (exact) mass is 358 g/mol. The number of rotatable bonds is 2. The van der Waals surface area contributed by atoms with E-state index in [9.17, 15) is 4.79 Å². The van der Waals surface area contributed by atoms with Gasteiger partial charge < -0.3 is 11.1 Å². The van der Waals surface area contributed by atoms with Crippen molar-refractivity contribution < 1.29 is 4.79 Å². The SMILES string of the molecule is Nc1c(Cl)cc(C(=O)Nc2ccccc2Br)cc1Cl. The fourth-order valence-corrected chi connectivity index (χ4v) is 2.34. The third-order valence-corrected chi connectivity index (χ3v) is 3.78. The van der Waals surface area contributed by atoms with Crippen LogP contribution in [-0.2, 0) is 0 Å². The van der Waals surface area contributed by atoms with E-state index in [2.05, 4.69) is 21.2 Å². The standard InChI is InChI=1S/C13H9BrCl2N2O/c14-8-3-1-2-4-11(8)18-13(19)7-5-9(15)12(17)10(16)6-7/h1-6H,17H2,(H,18,19). The van der Waals surface area contributed by atoms with Crippen molar-refractivity contribution in [2.24, 2.45) is 0 Å². The molecule has 0 atom stereocenters. The van der Waals surface area contributed by atoms with Crippen molar-refractivity contribution in [2.45, 2.75) is 0 Å². The van der Waals surface area contributed by atoms with Crippen molar-refractivity contribution in [1.82, 2.24) is 0 Å². The van der Waals surface area contributed by atoms with Crippen LogP contribution in [0.2, 0.25) is 10.0 Å². The first-order valence-corrected chi connectivity index (χ1v) is 6.84. The lowest BCUT2D eigenvalue weighted by molar-refractivity contribution is 0.102. The number of benzene rings is 2. The molecule has 0 unspecified atom stereocenters. The summed E-state index contributed by atoms with van der Waals surface area (Å²) < 4.78 is 0.788. The zero-order valence-electron chi connectivity index (χ0n) is 9.58. The molecule has 3 N–H and O–H groups in total. The normalized spacial score (nSPS) is 10.3. The summed E-state index contributed by atoms with van der Waals surface area (Å²) in [6.45, 7) is 0. The molecule has 0 spiro atoms. The fourth-order valence-electron chi connectivity index (χ4n) is 1.47. The number of carbonyl (C=O) groups is 1. The Bertz CT molecular complexity index is 623. The zero-order chi connectivity index (χ0) is 14.0. The minimum atomic E-state index is -0.310. The second kappa shape index (κ2) is 5.82. The minimum absolute atomic E-state index is 0.254. The maximum absolute atomic E-state index is 12.1. The van der Waals surface area contributed by atoms with Gasteiger partial charge in [0.1, 0.15) is 0 Å². The Morgan fingerprint density at radius 2 is 1.74 bits per heavy atom. The fraction of sp³-hybridized carbons (Fsp3) is 0. The van der Waals surface area contributed by atoms with Gasteiger partial charge in [-0.2, -0.15) is 0 Å². The van der Waals surface area contributed by atoms with Crippen LogP contribution in [-0.4, -0.2) is 5.91 Å². The lowest BCUT2D eigenvalue weighted by Gasteiger charge is -2.09. The summed E-state index contributed by atoms with van der Waals surface area (Å²) in [5.41, 5.74) is 6.90. The van der Waals surface area contributed by atoms with Crippen LogP contribution >= 0.6 is 39.1 Å². The molecule has 2 aromatic carbocycles. The molecule has 0 aliphatic rings. The smallest absolute Gasteiger partial charge is 0.255 e. The molecule has 0 aromatic heterocycles. The molecule has 98 valence electrons. The molecule has 0 radical (unpaired) electrons. The number of halogens is 3. The molecule has 0 saturated carbocycles. The third-order valence-electron chi connectivity index (χ3n) is 2.46. The Balaban J connectivity index is 2.28. The van der Waals surface area contributed by atoms with Crippen molar-refractivity contribution in [2.75, 3.05) is 11.1 Å². The molecule has 2 rings (SSSR count). The topological polar surface area (TPSA) is 55.1 Å². The van der Waals surface area contributed by atoms with Gasteiger partial charge in [-0.1, -0.05) is 35.3 Å². The quantitative estimate of drug-likeness (QED) is 0.770. The minimum Gasteiger partial charge on any atom is -0.396 e. The van der Waals surface area contributed by atoms with Gasteiger partial charge in [0.2, 0.25) is 0 Å². The third kappa shape index (κ3) is 3.21. The molecule has 0 bridgehead atoms. The molecule has 3 nitrogen and oxygen atoms in total. The largest absolute Gasteiger partial charge is 0.396 e. The number of para-hydroxylation sites is 1. The number of amides is 1. The summed E-state index contributed by atoms with van der Waals surface area (Å²) in [5.74, 6) is -0.310. The Morgan fingerprint density at radius 1 is 1.16 bits per heavy atom. The van der Waals surface area contributed by atoms with Crippen LogP contribution in [0.15, 0.2) is 40.9 Å². The first-order chi connectivity index (χ1) is 8.99. The molecule has 0 saturated heterocycles. The van der Waals surface area contributed by atoms with Crippen LogP contribution < -0.4 is 11.1 Å². The van der Waals surface area contributed by atoms with E-state index in [1.54, 1.807) is 6.07 Å². The Hall–Kier alpha value is -1.23. The highest BCUT2D eigenvalue weighted by Crippen LogP contribution is 2.29. The molecule has 6 heteroatoms. The van der Waals surface area contributed by atoms with E-state index >= 15 is 0 Å². The van der Waals surface area contributed by atoms with Crippen molar-refractivity contribution in [3.05, 3.63) is 56.5 Å². The summed E-state index contributed by atoms with van der Waals surface area (Å²) in [5, 5.41) is 3.27. The van der Waals surface area contributed by atoms with Gasteiger partial charge in [-0.15, -0.1) is 0 Å². The van der Waals surface area contributed by atoms with Gasteiger partial charge in [0, 0.05) is 10.0 Å². The van der Waals surface area contributed by atoms with Crippen LogP contribution in [0.3, 0.4) is 0 Å². The van der Waals surface area contributed by atoms with Crippen LogP contribution in [0.25, 0.3) is 0 Å². The predicted octanol–water partition coefficient (Wildman–Crippen LogP) is 4.59. The first kappa shape index (κ1) is 14.2. The molecular weight excluding hydrogens is 351 g/mol. The molecule has 19 heavy (non-hydrogen) atoms. The van der Waals surface area contributed by atoms with E-state index < -0.39 is 0 Å². The van der Waals surface area contributed by atoms with E-state index in [-0.39, 0.29) is 21.6 Å². The maximum Gasteiger partial charge on any atom is 0.255 e. The van der Waals surface area contributed by atoms with Gasteiger partial charge >= 0.3 is 0 Å². The number of hydrogen-bond acceptors (Lipinski definition) is 2. The lowest BCUT2D eigenvalue weighted by Crippen LogP contribution is -2.12. The Labute approximate surface area is 128 Å². The van der Waals surface area contributed by atoms with Crippen LogP contribution in [0.4, 0.5) is 11.4 Å². The number of nitrogens with two attached hydrogens (primary N) is 1. The maximum atomic E-state index is 12.1. The van der Waals surface area contributed by atoms with Crippen LogP contribution in [0.1, 0.15) is 10.4 Å². The van der Waals surface area contributed by atoms with E-state index in [4.69, 9.17) is 28.9 Å². The highest BCUT2D eigenvalue weighted by Gasteiger charge is 2.12. The average Bonchev–Trinajstić information content (AvgIpc) is 2.38. The number of carbonyl (C=O) groups excluding carboxylic acids is 1. The van der Waals surface area contributed by atoms with Gasteiger partial charge in [-0.05, 0) is 40.2 Å². The van der Waals surface area contributed by atoms with Gasteiger partial charge in [0.25, 0.3) is 5.91 Å². The summed E-state index contributed by atoms with van der Waals surface area (Å²) in [4.78, 5) is 12.1. The molecular formula is C13H9BrCl2N2O. The molecule has 2 aromatic rings. The lowest BCUT2D eigenvalue weighted by atomic mass is 10.2. The van der Waals surface area contributed by atoms with E-state index in [1.165, 1.54) is 12.1 Å². The molecule has 0 heterocycles. The second-order valence-electron chi connectivity index (χ2n) is 3.79. The van der Waals surface area contributed by atoms with Gasteiger partial charge in [-0.25, -0.2) is 0 Å². The summed E-state index contributed by atoms with van der Waals surface area (Å²) in [6.07, 6.45) is 0. The van der Waals surface area contributed by atoms with Gasteiger partial charge in [0.05, 0.1) is 21.4 Å². The van der Waals surface area contributed by atoms with Crippen LogP contribution in [0, 0.1) is 0 Å². The van der Waals surface area contributed by atoms with E-state index in [0.29, 0.717) is 11.3 Å². The number of nitrogens with one attached hydrogen (secondary N) is 1. The van der Waals surface area contributed by atoms with Gasteiger partial charge in [-0.3, -0.25) is 4.79 Å². The summed E-state index contributed by atoms with van der Waals surface area (Å²) in [7, 11) is 0. The molecule has 0 aliphatic carbocycles. The Morgan fingerprint density at radius 3 is 2.32 bits per heavy atom.